The number of alkyl halides is 2. The highest BCUT2D eigenvalue weighted by Crippen LogP contribution is 2.27. The van der Waals surface area contributed by atoms with Crippen molar-refractivity contribution >= 4 is 35.0 Å². The molecule has 2 aromatic carbocycles. The van der Waals surface area contributed by atoms with E-state index in [1.165, 1.54) is 17.1 Å². The van der Waals surface area contributed by atoms with Crippen molar-refractivity contribution in [1.29, 1.82) is 0 Å². The fourth-order valence-electron chi connectivity index (χ4n) is 2.41. The van der Waals surface area contributed by atoms with E-state index < -0.39 is 6.61 Å². The SMILES string of the molecule is CC1=NN(c2cccc(Cl)c2)C(=O)/C1=C\c1cccc(OC(F)F)c1. The molecule has 128 valence electrons. The lowest BCUT2D eigenvalue weighted by Crippen LogP contribution is -2.21. The monoisotopic (exact) mass is 362 g/mol. The molecule has 0 unspecified atom stereocenters. The Morgan fingerprint density at radius 3 is 2.68 bits per heavy atom. The van der Waals surface area contributed by atoms with Crippen LogP contribution in [0.15, 0.2) is 59.2 Å². The molecule has 0 radical (unpaired) electrons. The molecule has 0 saturated heterocycles. The van der Waals surface area contributed by atoms with Crippen molar-refractivity contribution in [1.82, 2.24) is 0 Å². The molecular formula is C18H13ClF2N2O2. The molecule has 1 aliphatic rings. The number of carbonyl (C=O) groups is 1. The van der Waals surface area contributed by atoms with E-state index in [1.807, 2.05) is 0 Å². The van der Waals surface area contributed by atoms with E-state index >= 15 is 0 Å². The molecule has 0 aliphatic carbocycles. The quantitative estimate of drug-likeness (QED) is 0.737. The maximum Gasteiger partial charge on any atom is 0.387 e. The number of amides is 1. The molecule has 1 aliphatic heterocycles. The first kappa shape index (κ1) is 17.1. The van der Waals surface area contributed by atoms with Crippen LogP contribution in [0.25, 0.3) is 6.08 Å². The number of hydrazone groups is 1. The van der Waals surface area contributed by atoms with E-state index in [0.717, 1.165) is 0 Å². The number of nitrogens with zero attached hydrogens (tertiary/aromatic N) is 2. The summed E-state index contributed by atoms with van der Waals surface area (Å²) in [4.78, 5) is 12.6. The molecule has 0 fully saturated rings. The van der Waals surface area contributed by atoms with E-state index in [-0.39, 0.29) is 11.7 Å². The Bertz CT molecular complexity index is 881. The van der Waals surface area contributed by atoms with Crippen LogP contribution in [-0.4, -0.2) is 18.2 Å². The largest absolute Gasteiger partial charge is 0.435 e. The molecule has 0 spiro atoms. The fourth-order valence-corrected chi connectivity index (χ4v) is 2.60. The molecule has 0 atom stereocenters. The smallest absolute Gasteiger partial charge is 0.387 e. The summed E-state index contributed by atoms with van der Waals surface area (Å²) in [6.45, 7) is -1.20. The third kappa shape index (κ3) is 3.85. The Hall–Kier alpha value is -2.73. The molecule has 4 nitrogen and oxygen atoms in total. The van der Waals surface area contributed by atoms with Gasteiger partial charge in [-0.3, -0.25) is 4.79 Å². The number of carbonyl (C=O) groups excluding carboxylic acids is 1. The Balaban J connectivity index is 1.90. The van der Waals surface area contributed by atoms with Crippen molar-refractivity contribution in [2.75, 3.05) is 5.01 Å². The van der Waals surface area contributed by atoms with Crippen LogP contribution in [-0.2, 0) is 4.79 Å². The number of halogens is 3. The highest BCUT2D eigenvalue weighted by molar-refractivity contribution is 6.33. The summed E-state index contributed by atoms with van der Waals surface area (Å²) < 4.78 is 29.0. The third-order valence-corrected chi connectivity index (χ3v) is 3.74. The Morgan fingerprint density at radius 1 is 1.20 bits per heavy atom. The second-order valence-electron chi connectivity index (χ2n) is 5.29. The summed E-state index contributed by atoms with van der Waals surface area (Å²) in [5.41, 5.74) is 2.00. The lowest BCUT2D eigenvalue weighted by molar-refractivity contribution is -0.114. The van der Waals surface area contributed by atoms with Gasteiger partial charge in [0.05, 0.1) is 17.0 Å². The van der Waals surface area contributed by atoms with Crippen molar-refractivity contribution < 1.29 is 18.3 Å². The summed E-state index contributed by atoms with van der Waals surface area (Å²) in [7, 11) is 0. The minimum Gasteiger partial charge on any atom is -0.435 e. The van der Waals surface area contributed by atoms with Crippen LogP contribution >= 0.6 is 11.6 Å². The van der Waals surface area contributed by atoms with E-state index in [2.05, 4.69) is 9.84 Å². The van der Waals surface area contributed by atoms with Gasteiger partial charge in [-0.15, -0.1) is 0 Å². The summed E-state index contributed by atoms with van der Waals surface area (Å²) in [6.07, 6.45) is 1.59. The topological polar surface area (TPSA) is 41.9 Å². The highest BCUT2D eigenvalue weighted by Gasteiger charge is 2.28. The van der Waals surface area contributed by atoms with Crippen molar-refractivity contribution in [3.63, 3.8) is 0 Å². The van der Waals surface area contributed by atoms with E-state index in [4.69, 9.17) is 11.6 Å². The lowest BCUT2D eigenvalue weighted by Gasteiger charge is -2.11. The summed E-state index contributed by atoms with van der Waals surface area (Å²) in [6, 6.07) is 12.9. The zero-order chi connectivity index (χ0) is 18.0. The van der Waals surface area contributed by atoms with Gasteiger partial charge in [-0.1, -0.05) is 29.8 Å². The van der Waals surface area contributed by atoms with Gasteiger partial charge in [-0.25, -0.2) is 0 Å². The lowest BCUT2D eigenvalue weighted by atomic mass is 10.1. The van der Waals surface area contributed by atoms with Crippen LogP contribution in [0.3, 0.4) is 0 Å². The number of hydrogen-bond donors (Lipinski definition) is 0. The Labute approximate surface area is 148 Å². The van der Waals surface area contributed by atoms with E-state index in [9.17, 15) is 13.6 Å². The van der Waals surface area contributed by atoms with Gasteiger partial charge in [0.2, 0.25) is 0 Å². The fraction of sp³-hybridized carbons (Fsp3) is 0.111. The number of hydrogen-bond acceptors (Lipinski definition) is 3. The summed E-state index contributed by atoms with van der Waals surface area (Å²) in [5.74, 6) is -0.295. The standard InChI is InChI=1S/C18H13ClF2N2O2/c1-11-16(9-12-4-2-7-15(8-12)25-18(20)21)17(24)23(22-11)14-6-3-5-13(19)10-14/h2-10,18H,1H3/b16-9-. The number of benzene rings is 2. The van der Waals surface area contributed by atoms with E-state index in [1.54, 1.807) is 49.4 Å². The van der Waals surface area contributed by atoms with Crippen LogP contribution < -0.4 is 9.75 Å². The van der Waals surface area contributed by atoms with Crippen LogP contribution in [0.2, 0.25) is 5.02 Å². The van der Waals surface area contributed by atoms with Gasteiger partial charge in [0.25, 0.3) is 5.91 Å². The number of rotatable bonds is 4. The number of ether oxygens (including phenoxy) is 1. The zero-order valence-corrected chi connectivity index (χ0v) is 13.9. The molecule has 2 aromatic rings. The minimum absolute atomic E-state index is 0.0242. The Morgan fingerprint density at radius 2 is 1.96 bits per heavy atom. The average Bonchev–Trinajstić information content (AvgIpc) is 2.83. The molecular weight excluding hydrogens is 350 g/mol. The molecule has 1 heterocycles. The van der Waals surface area contributed by atoms with Gasteiger partial charge >= 0.3 is 6.61 Å². The van der Waals surface area contributed by atoms with Gasteiger partial charge < -0.3 is 4.74 Å². The van der Waals surface area contributed by atoms with Crippen molar-refractivity contribution in [3.05, 3.63) is 64.7 Å². The van der Waals surface area contributed by atoms with Gasteiger partial charge in [0.1, 0.15) is 5.75 Å². The molecule has 0 bridgehead atoms. The van der Waals surface area contributed by atoms with E-state index in [0.29, 0.717) is 27.6 Å². The molecule has 0 N–H and O–H groups in total. The second kappa shape index (κ2) is 7.03. The first-order valence-electron chi connectivity index (χ1n) is 7.36. The van der Waals surface area contributed by atoms with Crippen LogP contribution in [0, 0.1) is 0 Å². The maximum absolute atomic E-state index is 12.6. The number of anilines is 1. The molecule has 1 amide bonds. The molecule has 25 heavy (non-hydrogen) atoms. The summed E-state index contributed by atoms with van der Waals surface area (Å²) >= 11 is 5.96. The van der Waals surface area contributed by atoms with Gasteiger partial charge in [0.15, 0.2) is 0 Å². The second-order valence-corrected chi connectivity index (χ2v) is 5.73. The predicted molar refractivity (Wildman–Crippen MR) is 93.1 cm³/mol. The molecule has 3 rings (SSSR count). The van der Waals surface area contributed by atoms with Crippen LogP contribution in [0.4, 0.5) is 14.5 Å². The van der Waals surface area contributed by atoms with Crippen molar-refractivity contribution in [2.24, 2.45) is 5.10 Å². The van der Waals surface area contributed by atoms with Gasteiger partial charge in [-0.2, -0.15) is 18.9 Å². The minimum atomic E-state index is -2.90. The predicted octanol–water partition coefficient (Wildman–Crippen LogP) is 4.75. The Kier molecular flexibility index (Phi) is 4.81. The normalized spacial score (nSPS) is 15.9. The molecule has 0 aromatic heterocycles. The third-order valence-electron chi connectivity index (χ3n) is 3.51. The first-order chi connectivity index (χ1) is 11.9. The van der Waals surface area contributed by atoms with Crippen LogP contribution in [0.5, 0.6) is 5.75 Å². The average molecular weight is 363 g/mol. The molecule has 0 saturated carbocycles. The van der Waals surface area contributed by atoms with Gasteiger partial charge in [0, 0.05) is 5.02 Å². The highest BCUT2D eigenvalue weighted by atomic mass is 35.5. The van der Waals surface area contributed by atoms with Crippen molar-refractivity contribution in [3.8, 4) is 5.75 Å². The summed E-state index contributed by atoms with van der Waals surface area (Å²) in [5, 5.41) is 6.00. The van der Waals surface area contributed by atoms with Crippen LogP contribution in [0.1, 0.15) is 12.5 Å². The van der Waals surface area contributed by atoms with Gasteiger partial charge in [-0.05, 0) is 48.9 Å². The maximum atomic E-state index is 12.6. The zero-order valence-electron chi connectivity index (χ0n) is 13.1. The van der Waals surface area contributed by atoms with Crippen molar-refractivity contribution in [2.45, 2.75) is 13.5 Å². The molecule has 7 heteroatoms. The first-order valence-corrected chi connectivity index (χ1v) is 7.74.